The Hall–Kier alpha value is -3.23. The minimum Gasteiger partial charge on any atom is -0.277 e. The second kappa shape index (κ2) is 5.40. The molecule has 0 spiro atoms. The number of hydrogen-bond acceptors (Lipinski definition) is 5. The van der Waals surface area contributed by atoms with E-state index in [4.69, 9.17) is 0 Å². The lowest BCUT2D eigenvalue weighted by atomic mass is 9.94. The molecule has 0 aliphatic carbocycles. The van der Waals surface area contributed by atoms with E-state index in [0.717, 1.165) is 43.7 Å². The first-order valence-electron chi connectivity index (χ1n) is 8.60. The van der Waals surface area contributed by atoms with Crippen LogP contribution in [0.4, 0.5) is 5.69 Å². The lowest BCUT2D eigenvalue weighted by Crippen LogP contribution is -2.13. The van der Waals surface area contributed by atoms with Crippen LogP contribution in [0.25, 0.3) is 37.3 Å². The smallest absolute Gasteiger partial charge is 0.277 e. The van der Waals surface area contributed by atoms with Crippen molar-refractivity contribution in [3.05, 3.63) is 67.0 Å². The van der Waals surface area contributed by atoms with Crippen molar-refractivity contribution in [1.82, 2.24) is 14.6 Å². The van der Waals surface area contributed by atoms with Gasteiger partial charge in [0.15, 0.2) is 0 Å². The molecule has 0 saturated heterocycles. The molecule has 2 aromatic heterocycles. The maximum atomic E-state index is 12.9. The fourth-order valence-electron chi connectivity index (χ4n) is 3.74. The molecule has 0 aliphatic heterocycles. The highest BCUT2D eigenvalue weighted by molar-refractivity contribution is 7.94. The highest BCUT2D eigenvalue weighted by Crippen LogP contribution is 2.38. The zero-order chi connectivity index (χ0) is 18.9. The zero-order valence-electron chi connectivity index (χ0n) is 14.3. The summed E-state index contributed by atoms with van der Waals surface area (Å²) in [5.74, 6) is 0. The van der Waals surface area contributed by atoms with Crippen LogP contribution in [0.5, 0.6) is 0 Å². The van der Waals surface area contributed by atoms with E-state index in [1.807, 2.05) is 24.3 Å². The molecule has 1 N–H and O–H groups in total. The molecular formula is C20H12N4O2S2. The van der Waals surface area contributed by atoms with E-state index in [1.54, 1.807) is 18.5 Å². The van der Waals surface area contributed by atoms with Gasteiger partial charge in [0.2, 0.25) is 4.96 Å². The summed E-state index contributed by atoms with van der Waals surface area (Å²) < 4.78 is 30.0. The molecule has 0 aliphatic rings. The molecule has 136 valence electrons. The number of sulfonamides is 1. The topological polar surface area (TPSA) is 76.4 Å². The van der Waals surface area contributed by atoms with Crippen molar-refractivity contribution in [2.75, 3.05) is 4.72 Å². The second-order valence-electron chi connectivity index (χ2n) is 6.60. The van der Waals surface area contributed by atoms with Gasteiger partial charge < -0.3 is 0 Å². The maximum Gasteiger partial charge on any atom is 0.291 e. The Labute approximate surface area is 163 Å². The number of imidazole rings is 1. The first-order valence-corrected chi connectivity index (χ1v) is 10.9. The van der Waals surface area contributed by atoms with E-state index in [2.05, 4.69) is 39.1 Å². The number of hydrogen-bond donors (Lipinski definition) is 1. The van der Waals surface area contributed by atoms with E-state index in [-0.39, 0.29) is 4.34 Å². The summed E-state index contributed by atoms with van der Waals surface area (Å²) in [5, 5.41) is 10.5. The molecule has 28 heavy (non-hydrogen) atoms. The van der Waals surface area contributed by atoms with Gasteiger partial charge in [-0.15, -0.1) is 5.10 Å². The lowest BCUT2D eigenvalue weighted by Gasteiger charge is -2.14. The average Bonchev–Trinajstić information content (AvgIpc) is 3.30. The van der Waals surface area contributed by atoms with Crippen molar-refractivity contribution < 1.29 is 8.42 Å². The number of aromatic nitrogens is 3. The van der Waals surface area contributed by atoms with Crippen LogP contribution in [0.3, 0.4) is 0 Å². The highest BCUT2D eigenvalue weighted by Gasteiger charge is 2.22. The molecule has 6 rings (SSSR count). The van der Waals surface area contributed by atoms with Crippen LogP contribution >= 0.6 is 11.3 Å². The number of nitrogens with one attached hydrogen (secondary N) is 1. The van der Waals surface area contributed by atoms with Crippen molar-refractivity contribution in [1.29, 1.82) is 0 Å². The Bertz CT molecular complexity index is 1570. The van der Waals surface area contributed by atoms with Crippen LogP contribution in [0.2, 0.25) is 0 Å². The molecule has 6 aromatic rings. The SMILES string of the molecule is O=S(=O)(Nc1ccc2ccc3cccc4ccc1c2c34)c1nn2ccnc2s1. The third-order valence-electron chi connectivity index (χ3n) is 4.96. The summed E-state index contributed by atoms with van der Waals surface area (Å²) in [7, 11) is -3.82. The summed E-state index contributed by atoms with van der Waals surface area (Å²) in [6.07, 6.45) is 3.21. The molecule has 8 heteroatoms. The number of benzene rings is 4. The zero-order valence-corrected chi connectivity index (χ0v) is 16.0. The molecule has 0 fully saturated rings. The third kappa shape index (κ3) is 2.15. The number of rotatable bonds is 3. The Morgan fingerprint density at radius 2 is 1.61 bits per heavy atom. The quantitative estimate of drug-likeness (QED) is 0.441. The molecule has 4 aromatic carbocycles. The standard InChI is InChI=1S/C20H12N4O2S2/c25-28(26,20-22-24-11-10-21-19(24)27-20)23-16-9-7-14-5-4-12-2-1-3-13-6-8-15(16)18(14)17(12)13/h1-11,23H. The monoisotopic (exact) mass is 404 g/mol. The van der Waals surface area contributed by atoms with Gasteiger partial charge in [-0.1, -0.05) is 59.9 Å². The van der Waals surface area contributed by atoms with Crippen molar-refractivity contribution >= 4 is 64.3 Å². The van der Waals surface area contributed by atoms with Crippen LogP contribution in [0.15, 0.2) is 71.3 Å². The van der Waals surface area contributed by atoms with Crippen molar-refractivity contribution in [3.63, 3.8) is 0 Å². The minimum absolute atomic E-state index is 0.0127. The molecule has 0 radical (unpaired) electrons. The molecule has 0 amide bonds. The van der Waals surface area contributed by atoms with E-state index in [0.29, 0.717) is 10.6 Å². The summed E-state index contributed by atoms with van der Waals surface area (Å²) in [6, 6.07) is 18.1. The second-order valence-corrected chi connectivity index (χ2v) is 9.41. The van der Waals surface area contributed by atoms with Gasteiger partial charge in [0.1, 0.15) is 0 Å². The van der Waals surface area contributed by atoms with E-state index in [9.17, 15) is 8.42 Å². The highest BCUT2D eigenvalue weighted by atomic mass is 32.2. The van der Waals surface area contributed by atoms with Crippen LogP contribution in [0.1, 0.15) is 0 Å². The molecule has 0 saturated carbocycles. The van der Waals surface area contributed by atoms with Crippen molar-refractivity contribution in [3.8, 4) is 0 Å². The molecule has 0 unspecified atom stereocenters. The van der Waals surface area contributed by atoms with Crippen LogP contribution < -0.4 is 4.72 Å². The Morgan fingerprint density at radius 3 is 2.39 bits per heavy atom. The van der Waals surface area contributed by atoms with Crippen LogP contribution in [-0.2, 0) is 10.0 Å². The summed E-state index contributed by atoms with van der Waals surface area (Å²) >= 11 is 1.03. The maximum absolute atomic E-state index is 12.9. The Kier molecular flexibility index (Phi) is 3.05. The van der Waals surface area contributed by atoms with Gasteiger partial charge in [0.05, 0.1) is 11.9 Å². The van der Waals surface area contributed by atoms with Gasteiger partial charge in [-0.05, 0) is 33.0 Å². The summed E-state index contributed by atoms with van der Waals surface area (Å²) in [6.45, 7) is 0. The molecule has 6 nitrogen and oxygen atoms in total. The van der Waals surface area contributed by atoms with Crippen LogP contribution in [-0.4, -0.2) is 23.0 Å². The number of fused-ring (bicyclic) bond motifs is 1. The molecule has 0 atom stereocenters. The summed E-state index contributed by atoms with van der Waals surface area (Å²) in [4.78, 5) is 4.63. The first kappa shape index (κ1) is 15.8. The van der Waals surface area contributed by atoms with E-state index < -0.39 is 10.0 Å². The van der Waals surface area contributed by atoms with Gasteiger partial charge in [0.25, 0.3) is 14.4 Å². The normalized spacial score (nSPS) is 12.6. The van der Waals surface area contributed by atoms with E-state index in [1.165, 1.54) is 4.52 Å². The Morgan fingerprint density at radius 1 is 0.893 bits per heavy atom. The Balaban J connectivity index is 1.57. The molecule has 0 bridgehead atoms. The largest absolute Gasteiger partial charge is 0.291 e. The predicted molar refractivity (Wildman–Crippen MR) is 112 cm³/mol. The van der Waals surface area contributed by atoms with Crippen molar-refractivity contribution in [2.45, 2.75) is 4.34 Å². The predicted octanol–water partition coefficient (Wildman–Crippen LogP) is 4.49. The van der Waals surface area contributed by atoms with Gasteiger partial charge in [0, 0.05) is 11.6 Å². The molecular weight excluding hydrogens is 392 g/mol. The summed E-state index contributed by atoms with van der Waals surface area (Å²) in [5.41, 5.74) is 0.540. The minimum atomic E-state index is -3.82. The number of anilines is 1. The third-order valence-corrected chi connectivity index (χ3v) is 7.63. The van der Waals surface area contributed by atoms with Gasteiger partial charge in [-0.3, -0.25) is 4.72 Å². The van der Waals surface area contributed by atoms with Gasteiger partial charge in [-0.25, -0.2) is 9.50 Å². The van der Waals surface area contributed by atoms with Gasteiger partial charge >= 0.3 is 0 Å². The van der Waals surface area contributed by atoms with E-state index >= 15 is 0 Å². The lowest BCUT2D eigenvalue weighted by molar-refractivity contribution is 0.598. The van der Waals surface area contributed by atoms with Crippen LogP contribution in [0, 0.1) is 0 Å². The fourth-order valence-corrected chi connectivity index (χ4v) is 5.87. The fraction of sp³-hybridized carbons (Fsp3) is 0. The molecule has 2 heterocycles. The first-order chi connectivity index (χ1) is 13.6. The average molecular weight is 404 g/mol. The van der Waals surface area contributed by atoms with Gasteiger partial charge in [-0.2, -0.15) is 8.42 Å². The number of nitrogens with zero attached hydrogens (tertiary/aromatic N) is 3. The van der Waals surface area contributed by atoms with Crippen molar-refractivity contribution in [2.24, 2.45) is 0 Å².